The van der Waals surface area contributed by atoms with Crippen molar-refractivity contribution in [2.24, 2.45) is 12.0 Å². The van der Waals surface area contributed by atoms with E-state index in [0.717, 1.165) is 41.7 Å². The monoisotopic (exact) mass is 373 g/mol. The van der Waals surface area contributed by atoms with Crippen molar-refractivity contribution >= 4 is 5.96 Å². The fourth-order valence-corrected chi connectivity index (χ4v) is 3.18. The molecule has 0 fully saturated rings. The van der Waals surface area contributed by atoms with Crippen molar-refractivity contribution in [3.63, 3.8) is 0 Å². The van der Waals surface area contributed by atoms with Gasteiger partial charge in [-0.3, -0.25) is 9.67 Å². The first-order valence-corrected chi connectivity index (χ1v) is 9.03. The van der Waals surface area contributed by atoms with Gasteiger partial charge < -0.3 is 19.7 Å². The van der Waals surface area contributed by atoms with Crippen molar-refractivity contribution in [3.05, 3.63) is 40.7 Å². The van der Waals surface area contributed by atoms with E-state index < -0.39 is 0 Å². The summed E-state index contributed by atoms with van der Waals surface area (Å²) >= 11 is 0. The molecule has 0 spiro atoms. The molecule has 0 saturated heterocycles. The number of guanidine groups is 1. The van der Waals surface area contributed by atoms with Crippen molar-refractivity contribution in [3.8, 4) is 11.5 Å². The minimum Gasteiger partial charge on any atom is -0.497 e. The normalized spacial score (nSPS) is 11.4. The topological polar surface area (TPSA) is 63.9 Å². The molecule has 1 aromatic heterocycles. The van der Waals surface area contributed by atoms with Gasteiger partial charge in [0.2, 0.25) is 0 Å². The molecule has 1 aromatic carbocycles. The molecule has 0 atom stereocenters. The summed E-state index contributed by atoms with van der Waals surface area (Å²) in [7, 11) is 9.11. The minimum absolute atomic E-state index is 0.678. The van der Waals surface area contributed by atoms with Crippen molar-refractivity contribution in [1.29, 1.82) is 0 Å². The lowest BCUT2D eigenvalue weighted by atomic mass is 10.1. The number of aromatic nitrogens is 2. The standard InChI is InChI=1S/C20H31N5O2/c1-14-18(15(2)25(5)23-14)10-11-22-20(21-3)24(4)13-16-8-9-17(26-6)12-19(16)27-7/h8-9,12H,10-11,13H2,1-7H3,(H,21,22). The number of ether oxygens (including phenoxy) is 2. The number of hydrogen-bond acceptors (Lipinski definition) is 4. The third-order valence-electron chi connectivity index (χ3n) is 4.79. The lowest BCUT2D eigenvalue weighted by Crippen LogP contribution is -2.39. The van der Waals surface area contributed by atoms with E-state index in [2.05, 4.69) is 34.2 Å². The van der Waals surface area contributed by atoms with E-state index in [1.807, 2.05) is 37.0 Å². The van der Waals surface area contributed by atoms with Crippen LogP contribution in [-0.2, 0) is 20.0 Å². The molecular weight excluding hydrogens is 342 g/mol. The van der Waals surface area contributed by atoms with Crippen LogP contribution in [0.15, 0.2) is 23.2 Å². The van der Waals surface area contributed by atoms with Crippen LogP contribution >= 0.6 is 0 Å². The number of rotatable bonds is 7. The average molecular weight is 374 g/mol. The van der Waals surface area contributed by atoms with E-state index in [-0.39, 0.29) is 0 Å². The van der Waals surface area contributed by atoms with Gasteiger partial charge in [-0.2, -0.15) is 5.10 Å². The van der Waals surface area contributed by atoms with Gasteiger partial charge in [0, 0.05) is 51.6 Å². The highest BCUT2D eigenvalue weighted by Gasteiger charge is 2.13. The third-order valence-corrected chi connectivity index (χ3v) is 4.79. The predicted molar refractivity (Wildman–Crippen MR) is 109 cm³/mol. The number of hydrogen-bond donors (Lipinski definition) is 1. The molecule has 2 aromatic rings. The molecule has 0 aliphatic heterocycles. The molecule has 0 unspecified atom stereocenters. The molecule has 0 bridgehead atoms. The fourth-order valence-electron chi connectivity index (χ4n) is 3.18. The van der Waals surface area contributed by atoms with Crippen LogP contribution in [-0.4, -0.2) is 55.5 Å². The van der Waals surface area contributed by atoms with Gasteiger partial charge in [-0.15, -0.1) is 0 Å². The SMILES string of the molecule is CN=C(NCCc1c(C)nn(C)c1C)N(C)Cc1ccc(OC)cc1OC. The maximum absolute atomic E-state index is 5.49. The molecule has 7 nitrogen and oxygen atoms in total. The Bertz CT molecular complexity index is 798. The van der Waals surface area contributed by atoms with Crippen LogP contribution in [0.4, 0.5) is 0 Å². The second-order valence-electron chi connectivity index (χ2n) is 6.53. The zero-order valence-corrected chi connectivity index (χ0v) is 17.5. The summed E-state index contributed by atoms with van der Waals surface area (Å²) in [6.45, 7) is 5.63. The molecule has 1 N–H and O–H groups in total. The van der Waals surface area contributed by atoms with Gasteiger partial charge >= 0.3 is 0 Å². The number of nitrogens with one attached hydrogen (secondary N) is 1. The molecule has 0 aliphatic carbocycles. The Kier molecular flexibility index (Phi) is 7.10. The van der Waals surface area contributed by atoms with Crippen molar-refractivity contribution < 1.29 is 9.47 Å². The Morgan fingerprint density at radius 1 is 1.26 bits per heavy atom. The Morgan fingerprint density at radius 2 is 2.00 bits per heavy atom. The highest BCUT2D eigenvalue weighted by atomic mass is 16.5. The van der Waals surface area contributed by atoms with Crippen LogP contribution in [0.2, 0.25) is 0 Å². The second-order valence-corrected chi connectivity index (χ2v) is 6.53. The summed E-state index contributed by atoms with van der Waals surface area (Å²) in [5, 5.41) is 7.91. The molecule has 0 radical (unpaired) electrons. The molecule has 27 heavy (non-hydrogen) atoms. The molecule has 1 heterocycles. The number of aryl methyl sites for hydroxylation is 2. The number of aliphatic imine (C=N–C) groups is 1. The fraction of sp³-hybridized carbons (Fsp3) is 0.500. The first-order chi connectivity index (χ1) is 12.9. The number of benzene rings is 1. The van der Waals surface area contributed by atoms with Crippen molar-refractivity contribution in [1.82, 2.24) is 20.0 Å². The molecule has 7 heteroatoms. The summed E-state index contributed by atoms with van der Waals surface area (Å²) in [6, 6.07) is 5.85. The molecule has 0 saturated carbocycles. The van der Waals surface area contributed by atoms with E-state index in [0.29, 0.717) is 6.54 Å². The summed E-state index contributed by atoms with van der Waals surface area (Å²) in [4.78, 5) is 6.48. The maximum atomic E-state index is 5.49. The Labute approximate surface area is 162 Å². The van der Waals surface area contributed by atoms with Crippen LogP contribution in [0.25, 0.3) is 0 Å². The molecule has 0 aliphatic rings. The van der Waals surface area contributed by atoms with Crippen LogP contribution in [0.3, 0.4) is 0 Å². The Morgan fingerprint density at radius 3 is 2.56 bits per heavy atom. The predicted octanol–water partition coefficient (Wildman–Crippen LogP) is 2.30. The molecule has 148 valence electrons. The van der Waals surface area contributed by atoms with Crippen molar-refractivity contribution in [2.45, 2.75) is 26.8 Å². The zero-order chi connectivity index (χ0) is 20.0. The van der Waals surface area contributed by atoms with Gasteiger partial charge in [-0.05, 0) is 38.0 Å². The highest BCUT2D eigenvalue weighted by molar-refractivity contribution is 5.79. The van der Waals surface area contributed by atoms with Crippen LogP contribution in [0.1, 0.15) is 22.5 Å². The summed E-state index contributed by atoms with van der Waals surface area (Å²) in [5.41, 5.74) is 4.66. The van der Waals surface area contributed by atoms with Gasteiger partial charge in [-0.25, -0.2) is 0 Å². The molecule has 2 rings (SSSR count). The van der Waals surface area contributed by atoms with E-state index in [1.165, 1.54) is 11.3 Å². The van der Waals surface area contributed by atoms with Gasteiger partial charge in [0.05, 0.1) is 19.9 Å². The smallest absolute Gasteiger partial charge is 0.193 e. The Hall–Kier alpha value is -2.70. The van der Waals surface area contributed by atoms with Gasteiger partial charge in [0.1, 0.15) is 11.5 Å². The van der Waals surface area contributed by atoms with Gasteiger partial charge in [0.25, 0.3) is 0 Å². The minimum atomic E-state index is 0.678. The third kappa shape index (κ3) is 4.93. The highest BCUT2D eigenvalue weighted by Crippen LogP contribution is 2.25. The van der Waals surface area contributed by atoms with E-state index in [9.17, 15) is 0 Å². The summed E-state index contributed by atoms with van der Waals surface area (Å²) < 4.78 is 12.7. The van der Waals surface area contributed by atoms with E-state index in [1.54, 1.807) is 21.3 Å². The summed E-state index contributed by atoms with van der Waals surface area (Å²) in [5.74, 6) is 2.42. The van der Waals surface area contributed by atoms with Gasteiger partial charge in [0.15, 0.2) is 5.96 Å². The van der Waals surface area contributed by atoms with Gasteiger partial charge in [-0.1, -0.05) is 0 Å². The first kappa shape index (κ1) is 20.6. The van der Waals surface area contributed by atoms with Crippen molar-refractivity contribution in [2.75, 3.05) is 34.9 Å². The largest absolute Gasteiger partial charge is 0.497 e. The number of nitrogens with zero attached hydrogens (tertiary/aromatic N) is 4. The molecular formula is C20H31N5O2. The quantitative estimate of drug-likeness (QED) is 0.596. The van der Waals surface area contributed by atoms with Crippen LogP contribution in [0, 0.1) is 13.8 Å². The zero-order valence-electron chi connectivity index (χ0n) is 17.5. The maximum Gasteiger partial charge on any atom is 0.193 e. The van der Waals surface area contributed by atoms with E-state index in [4.69, 9.17) is 9.47 Å². The van der Waals surface area contributed by atoms with Crippen LogP contribution in [0.5, 0.6) is 11.5 Å². The van der Waals surface area contributed by atoms with E-state index >= 15 is 0 Å². The average Bonchev–Trinajstić information content (AvgIpc) is 2.91. The molecule has 0 amide bonds. The summed E-state index contributed by atoms with van der Waals surface area (Å²) in [6.07, 6.45) is 0.907. The lowest BCUT2D eigenvalue weighted by Gasteiger charge is -2.23. The van der Waals surface area contributed by atoms with Crippen LogP contribution < -0.4 is 14.8 Å². The number of methoxy groups -OCH3 is 2. The second kappa shape index (κ2) is 9.30. The lowest BCUT2D eigenvalue weighted by molar-refractivity contribution is 0.382. The Balaban J connectivity index is 1.99. The first-order valence-electron chi connectivity index (χ1n) is 9.03.